The first kappa shape index (κ1) is 17.1. The number of nitrogens with zero attached hydrogens (tertiary/aromatic N) is 1. The van der Waals surface area contributed by atoms with E-state index >= 15 is 0 Å². The second-order valence-electron chi connectivity index (χ2n) is 6.15. The van der Waals surface area contributed by atoms with E-state index in [4.69, 9.17) is 9.47 Å². The van der Waals surface area contributed by atoms with E-state index in [-0.39, 0.29) is 23.1 Å². The van der Waals surface area contributed by atoms with Crippen LogP contribution in [0, 0.1) is 6.92 Å². The molecule has 0 saturated carbocycles. The minimum absolute atomic E-state index is 0.141. The fourth-order valence-electron chi connectivity index (χ4n) is 3.33. The summed E-state index contributed by atoms with van der Waals surface area (Å²) in [6.45, 7) is 2.40. The van der Waals surface area contributed by atoms with Crippen molar-refractivity contribution in [1.29, 1.82) is 0 Å². The van der Waals surface area contributed by atoms with E-state index < -0.39 is 0 Å². The number of aromatic amines is 1. The highest BCUT2D eigenvalue weighted by molar-refractivity contribution is 5.94. The van der Waals surface area contributed by atoms with Gasteiger partial charge in [0.1, 0.15) is 17.1 Å². The summed E-state index contributed by atoms with van der Waals surface area (Å²) >= 11 is 0. The SMILES string of the molecule is COc1ccc(OC)c(C2CCCN2C(=O)c2ccc(C)[nH]c2=O)c1. The van der Waals surface area contributed by atoms with Crippen molar-refractivity contribution < 1.29 is 14.3 Å². The van der Waals surface area contributed by atoms with Gasteiger partial charge in [0.2, 0.25) is 0 Å². The van der Waals surface area contributed by atoms with Gasteiger partial charge < -0.3 is 19.4 Å². The molecule has 25 heavy (non-hydrogen) atoms. The van der Waals surface area contributed by atoms with Crippen molar-refractivity contribution in [2.75, 3.05) is 20.8 Å². The lowest BCUT2D eigenvalue weighted by molar-refractivity contribution is 0.0732. The Bertz CT molecular complexity index is 844. The average Bonchev–Trinajstić information content (AvgIpc) is 3.10. The molecule has 0 spiro atoms. The van der Waals surface area contributed by atoms with Crippen molar-refractivity contribution >= 4 is 5.91 Å². The maximum absolute atomic E-state index is 13.0. The van der Waals surface area contributed by atoms with Gasteiger partial charge in [0.05, 0.1) is 20.3 Å². The maximum Gasteiger partial charge on any atom is 0.260 e. The van der Waals surface area contributed by atoms with Crippen LogP contribution in [0.5, 0.6) is 11.5 Å². The lowest BCUT2D eigenvalue weighted by Crippen LogP contribution is -2.34. The van der Waals surface area contributed by atoms with Crippen molar-refractivity contribution in [2.24, 2.45) is 0 Å². The lowest BCUT2D eigenvalue weighted by Gasteiger charge is -2.26. The van der Waals surface area contributed by atoms with E-state index in [0.717, 1.165) is 24.1 Å². The highest BCUT2D eigenvalue weighted by Gasteiger charge is 2.33. The first-order valence-corrected chi connectivity index (χ1v) is 8.28. The van der Waals surface area contributed by atoms with E-state index in [0.29, 0.717) is 18.0 Å². The molecule has 6 heteroatoms. The molecule has 1 aromatic heterocycles. The van der Waals surface area contributed by atoms with Crippen LogP contribution >= 0.6 is 0 Å². The van der Waals surface area contributed by atoms with Crippen LogP contribution in [-0.4, -0.2) is 36.6 Å². The van der Waals surface area contributed by atoms with Crippen LogP contribution in [0.1, 0.15) is 40.5 Å². The van der Waals surface area contributed by atoms with Gasteiger partial charge in [-0.05, 0) is 50.1 Å². The first-order chi connectivity index (χ1) is 12.0. The Hall–Kier alpha value is -2.76. The topological polar surface area (TPSA) is 71.6 Å². The molecule has 6 nitrogen and oxygen atoms in total. The zero-order chi connectivity index (χ0) is 18.0. The summed E-state index contributed by atoms with van der Waals surface area (Å²) in [6.07, 6.45) is 1.69. The van der Waals surface area contributed by atoms with Crippen molar-refractivity contribution in [3.8, 4) is 11.5 Å². The first-order valence-electron chi connectivity index (χ1n) is 8.28. The van der Waals surface area contributed by atoms with Gasteiger partial charge in [-0.25, -0.2) is 0 Å². The fourth-order valence-corrected chi connectivity index (χ4v) is 3.33. The molecule has 1 saturated heterocycles. The number of nitrogens with one attached hydrogen (secondary N) is 1. The van der Waals surface area contributed by atoms with Crippen LogP contribution < -0.4 is 15.0 Å². The number of hydrogen-bond donors (Lipinski definition) is 1. The van der Waals surface area contributed by atoms with Gasteiger partial charge >= 0.3 is 0 Å². The molecular weight excluding hydrogens is 320 g/mol. The Balaban J connectivity index is 1.98. The number of benzene rings is 1. The normalized spacial score (nSPS) is 16.8. The number of methoxy groups -OCH3 is 2. The molecule has 1 aromatic carbocycles. The van der Waals surface area contributed by atoms with Gasteiger partial charge in [0.25, 0.3) is 11.5 Å². The Labute approximate surface area is 146 Å². The van der Waals surface area contributed by atoms with Gasteiger partial charge in [-0.15, -0.1) is 0 Å². The second-order valence-corrected chi connectivity index (χ2v) is 6.15. The summed E-state index contributed by atoms with van der Waals surface area (Å²) in [5, 5.41) is 0. The van der Waals surface area contributed by atoms with Crippen molar-refractivity contribution in [1.82, 2.24) is 9.88 Å². The molecule has 1 fully saturated rings. The number of pyridine rings is 1. The summed E-state index contributed by atoms with van der Waals surface area (Å²) in [6, 6.07) is 8.76. The van der Waals surface area contributed by atoms with Crippen molar-refractivity contribution in [2.45, 2.75) is 25.8 Å². The van der Waals surface area contributed by atoms with Crippen molar-refractivity contribution in [3.63, 3.8) is 0 Å². The molecule has 2 aromatic rings. The van der Waals surface area contributed by atoms with Gasteiger partial charge in [-0.1, -0.05) is 0 Å². The third-order valence-corrected chi connectivity index (χ3v) is 4.60. The van der Waals surface area contributed by atoms with E-state index in [1.165, 1.54) is 0 Å². The van der Waals surface area contributed by atoms with E-state index in [2.05, 4.69) is 4.98 Å². The van der Waals surface area contributed by atoms with E-state index in [9.17, 15) is 9.59 Å². The zero-order valence-electron chi connectivity index (χ0n) is 14.7. The molecule has 1 N–H and O–H groups in total. The third kappa shape index (κ3) is 3.24. The molecule has 2 heterocycles. The van der Waals surface area contributed by atoms with Crippen LogP contribution in [0.15, 0.2) is 35.1 Å². The number of likely N-dealkylation sites (tertiary alicyclic amines) is 1. The number of ether oxygens (including phenoxy) is 2. The van der Waals surface area contributed by atoms with E-state index in [1.807, 2.05) is 18.2 Å². The number of H-pyrrole nitrogens is 1. The largest absolute Gasteiger partial charge is 0.497 e. The van der Waals surface area contributed by atoms with E-state index in [1.54, 1.807) is 38.2 Å². The monoisotopic (exact) mass is 342 g/mol. The molecule has 3 rings (SSSR count). The molecule has 1 amide bonds. The fraction of sp³-hybridized carbons (Fsp3) is 0.368. The predicted molar refractivity (Wildman–Crippen MR) is 94.4 cm³/mol. The smallest absolute Gasteiger partial charge is 0.260 e. The third-order valence-electron chi connectivity index (χ3n) is 4.60. The van der Waals surface area contributed by atoms with Crippen LogP contribution in [0.4, 0.5) is 0 Å². The van der Waals surface area contributed by atoms with Crippen LogP contribution in [0.25, 0.3) is 0 Å². The molecule has 0 bridgehead atoms. The predicted octanol–water partition coefficient (Wildman–Crippen LogP) is 2.68. The number of hydrogen-bond acceptors (Lipinski definition) is 4. The molecular formula is C19H22N2O4. The van der Waals surface area contributed by atoms with Gasteiger partial charge in [-0.2, -0.15) is 0 Å². The molecule has 1 atom stereocenters. The maximum atomic E-state index is 13.0. The van der Waals surface area contributed by atoms with Crippen LogP contribution in [0.3, 0.4) is 0 Å². The molecule has 0 aliphatic carbocycles. The van der Waals surface area contributed by atoms with Gasteiger partial charge in [0, 0.05) is 17.8 Å². The Morgan fingerprint density at radius 1 is 1.20 bits per heavy atom. The molecule has 132 valence electrons. The summed E-state index contributed by atoms with van der Waals surface area (Å²) in [4.78, 5) is 29.5. The summed E-state index contributed by atoms with van der Waals surface area (Å²) < 4.78 is 10.8. The minimum atomic E-state index is -0.353. The standard InChI is InChI=1S/C19H22N2O4/c1-12-6-8-14(18(22)20-12)19(23)21-10-4-5-16(21)15-11-13(24-2)7-9-17(15)25-3/h6-9,11,16H,4-5,10H2,1-3H3,(H,20,22). The number of aryl methyl sites for hydroxylation is 1. The molecule has 1 unspecified atom stereocenters. The van der Waals surface area contributed by atoms with Crippen LogP contribution in [-0.2, 0) is 0 Å². The Kier molecular flexibility index (Phi) is 4.79. The lowest BCUT2D eigenvalue weighted by atomic mass is 10.0. The van der Waals surface area contributed by atoms with Gasteiger partial charge in [-0.3, -0.25) is 9.59 Å². The number of aromatic nitrogens is 1. The van der Waals surface area contributed by atoms with Gasteiger partial charge in [0.15, 0.2) is 0 Å². The summed E-state index contributed by atoms with van der Waals surface area (Å²) in [7, 11) is 3.21. The Morgan fingerprint density at radius 2 is 2.00 bits per heavy atom. The summed E-state index contributed by atoms with van der Waals surface area (Å²) in [5.41, 5.74) is 1.44. The zero-order valence-corrected chi connectivity index (χ0v) is 14.7. The van der Waals surface area contributed by atoms with Crippen LogP contribution in [0.2, 0.25) is 0 Å². The van der Waals surface area contributed by atoms with Crippen molar-refractivity contribution in [3.05, 3.63) is 57.5 Å². The molecule has 1 aliphatic rings. The molecule has 0 radical (unpaired) electrons. The summed E-state index contributed by atoms with van der Waals surface area (Å²) in [5.74, 6) is 1.17. The minimum Gasteiger partial charge on any atom is -0.497 e. The average molecular weight is 342 g/mol. The quantitative estimate of drug-likeness (QED) is 0.927. The second kappa shape index (κ2) is 7.01. The highest BCUT2D eigenvalue weighted by atomic mass is 16.5. The molecule has 1 aliphatic heterocycles. The number of amides is 1. The Morgan fingerprint density at radius 3 is 2.68 bits per heavy atom. The number of rotatable bonds is 4. The number of carbonyl (C=O) groups excluding carboxylic acids is 1. The number of carbonyl (C=O) groups is 1. The highest BCUT2D eigenvalue weighted by Crippen LogP contribution is 2.39.